The van der Waals surface area contributed by atoms with E-state index in [1.54, 1.807) is 24.3 Å². The average molecular weight is 261 g/mol. The number of amides is 1. The number of benzene rings is 1. The minimum Gasteiger partial charge on any atom is -0.383 e. The van der Waals surface area contributed by atoms with E-state index in [1.165, 1.54) is 7.11 Å². The number of nitrogens with one attached hydrogen (secondary N) is 1. The summed E-state index contributed by atoms with van der Waals surface area (Å²) in [6, 6.07) is 8.23. The number of methoxy groups -OCH3 is 1. The number of halogens is 3. The fraction of sp³-hybridized carbons (Fsp3) is 0.417. The van der Waals surface area contributed by atoms with E-state index >= 15 is 0 Å². The fourth-order valence-electron chi connectivity index (χ4n) is 1.52. The molecule has 1 aromatic rings. The van der Waals surface area contributed by atoms with E-state index in [1.807, 2.05) is 11.4 Å². The first-order valence-corrected chi connectivity index (χ1v) is 5.34. The Morgan fingerprint density at radius 1 is 1.33 bits per heavy atom. The van der Waals surface area contributed by atoms with Crippen LogP contribution >= 0.6 is 0 Å². The smallest absolute Gasteiger partial charge is 0.383 e. The SMILES string of the molecule is COC[C@H](Cc1ccccc1)NC(=O)C(F)(F)F. The van der Waals surface area contributed by atoms with Crippen molar-refractivity contribution < 1.29 is 22.7 Å². The van der Waals surface area contributed by atoms with Gasteiger partial charge in [-0.1, -0.05) is 30.3 Å². The molecule has 0 heterocycles. The Labute approximate surface area is 103 Å². The van der Waals surface area contributed by atoms with Crippen molar-refractivity contribution in [1.29, 1.82) is 0 Å². The molecule has 0 saturated heterocycles. The highest BCUT2D eigenvalue weighted by atomic mass is 19.4. The third-order valence-electron chi connectivity index (χ3n) is 2.29. The number of ether oxygens (including phenoxy) is 1. The first-order chi connectivity index (χ1) is 8.43. The first kappa shape index (κ1) is 14.5. The molecule has 0 saturated carbocycles. The molecule has 0 unspecified atom stereocenters. The highest BCUT2D eigenvalue weighted by Gasteiger charge is 2.39. The first-order valence-electron chi connectivity index (χ1n) is 5.34. The molecule has 0 bridgehead atoms. The molecule has 1 aromatic carbocycles. The van der Waals surface area contributed by atoms with E-state index in [-0.39, 0.29) is 13.0 Å². The molecule has 0 radical (unpaired) electrons. The van der Waals surface area contributed by atoms with Crippen LogP contribution in [0.5, 0.6) is 0 Å². The molecule has 3 nitrogen and oxygen atoms in total. The quantitative estimate of drug-likeness (QED) is 0.879. The summed E-state index contributed by atoms with van der Waals surface area (Å²) in [4.78, 5) is 10.8. The van der Waals surface area contributed by atoms with Crippen LogP contribution in [-0.2, 0) is 16.0 Å². The van der Waals surface area contributed by atoms with Gasteiger partial charge in [-0.2, -0.15) is 13.2 Å². The molecule has 1 N–H and O–H groups in total. The number of alkyl halides is 3. The minimum atomic E-state index is -4.87. The van der Waals surface area contributed by atoms with Gasteiger partial charge in [0.1, 0.15) is 0 Å². The van der Waals surface area contributed by atoms with Gasteiger partial charge in [0.15, 0.2) is 0 Å². The summed E-state index contributed by atoms with van der Waals surface area (Å²) in [5.74, 6) is -1.94. The Morgan fingerprint density at radius 3 is 2.44 bits per heavy atom. The van der Waals surface area contributed by atoms with Gasteiger partial charge in [0.2, 0.25) is 0 Å². The molecule has 100 valence electrons. The summed E-state index contributed by atoms with van der Waals surface area (Å²) >= 11 is 0. The van der Waals surface area contributed by atoms with Crippen LogP contribution in [0.4, 0.5) is 13.2 Å². The van der Waals surface area contributed by atoms with Gasteiger partial charge in [-0.25, -0.2) is 0 Å². The molecule has 18 heavy (non-hydrogen) atoms. The zero-order valence-corrected chi connectivity index (χ0v) is 9.83. The maximum absolute atomic E-state index is 12.1. The van der Waals surface area contributed by atoms with Crippen LogP contribution in [-0.4, -0.2) is 31.8 Å². The largest absolute Gasteiger partial charge is 0.471 e. The van der Waals surface area contributed by atoms with Crippen LogP contribution in [0.3, 0.4) is 0 Å². The second-order valence-electron chi connectivity index (χ2n) is 3.81. The number of hydrogen-bond donors (Lipinski definition) is 1. The summed E-state index contributed by atoms with van der Waals surface area (Å²) in [6.07, 6.45) is -4.58. The summed E-state index contributed by atoms with van der Waals surface area (Å²) < 4.78 is 41.2. The molecule has 0 fully saturated rings. The molecule has 0 aliphatic rings. The van der Waals surface area contributed by atoms with Crippen molar-refractivity contribution in [3.05, 3.63) is 35.9 Å². The molecule has 1 amide bonds. The Hall–Kier alpha value is -1.56. The van der Waals surface area contributed by atoms with E-state index in [4.69, 9.17) is 4.74 Å². The van der Waals surface area contributed by atoms with Crippen molar-refractivity contribution >= 4 is 5.91 Å². The molecule has 1 atom stereocenters. The molecule has 0 aliphatic heterocycles. The zero-order chi connectivity index (χ0) is 13.6. The van der Waals surface area contributed by atoms with Crippen molar-refractivity contribution in [3.8, 4) is 0 Å². The third kappa shape index (κ3) is 4.75. The lowest BCUT2D eigenvalue weighted by Gasteiger charge is -2.18. The number of hydrogen-bond acceptors (Lipinski definition) is 2. The van der Waals surface area contributed by atoms with E-state index in [0.717, 1.165) is 5.56 Å². The molecular weight excluding hydrogens is 247 g/mol. The average Bonchev–Trinajstić information content (AvgIpc) is 2.29. The third-order valence-corrected chi connectivity index (χ3v) is 2.29. The lowest BCUT2D eigenvalue weighted by atomic mass is 10.1. The normalized spacial score (nSPS) is 13.1. The minimum absolute atomic E-state index is 0.0245. The number of rotatable bonds is 5. The Bertz CT molecular complexity index is 379. The second-order valence-corrected chi connectivity index (χ2v) is 3.81. The van der Waals surface area contributed by atoms with Crippen LogP contribution in [0.2, 0.25) is 0 Å². The summed E-state index contributed by atoms with van der Waals surface area (Å²) in [5, 5.41) is 1.92. The predicted octanol–water partition coefficient (Wildman–Crippen LogP) is 1.92. The molecule has 0 spiro atoms. The van der Waals surface area contributed by atoms with Gasteiger partial charge in [0, 0.05) is 7.11 Å². The standard InChI is InChI=1S/C12H14F3NO2/c1-18-8-10(16-11(17)12(13,14)15)7-9-5-3-2-4-6-9/h2-6,10H,7-8H2,1H3,(H,16,17)/t10-/m0/s1. The van der Waals surface area contributed by atoms with Gasteiger partial charge in [0.05, 0.1) is 12.6 Å². The Kier molecular flexibility index (Phi) is 5.15. The van der Waals surface area contributed by atoms with Crippen LogP contribution in [0.15, 0.2) is 30.3 Å². The number of carbonyl (C=O) groups is 1. The van der Waals surface area contributed by atoms with Crippen molar-refractivity contribution in [1.82, 2.24) is 5.32 Å². The molecule has 0 aromatic heterocycles. The van der Waals surface area contributed by atoms with Gasteiger partial charge < -0.3 is 10.1 Å². The predicted molar refractivity (Wildman–Crippen MR) is 60.0 cm³/mol. The molecule has 1 rings (SSSR count). The van der Waals surface area contributed by atoms with Gasteiger partial charge in [0.25, 0.3) is 0 Å². The van der Waals surface area contributed by atoms with Gasteiger partial charge in [-0.05, 0) is 12.0 Å². The lowest BCUT2D eigenvalue weighted by Crippen LogP contribution is -2.46. The highest BCUT2D eigenvalue weighted by molar-refractivity contribution is 5.81. The van der Waals surface area contributed by atoms with E-state index in [0.29, 0.717) is 0 Å². The summed E-state index contributed by atoms with van der Waals surface area (Å²) in [6.45, 7) is 0.0245. The molecular formula is C12H14F3NO2. The monoisotopic (exact) mass is 261 g/mol. The summed E-state index contributed by atoms with van der Waals surface area (Å²) in [5.41, 5.74) is 0.835. The fourth-order valence-corrected chi connectivity index (χ4v) is 1.52. The molecule has 0 aliphatic carbocycles. The summed E-state index contributed by atoms with van der Waals surface area (Å²) in [7, 11) is 1.37. The second kappa shape index (κ2) is 6.39. The Morgan fingerprint density at radius 2 is 1.94 bits per heavy atom. The van der Waals surface area contributed by atoms with E-state index < -0.39 is 18.1 Å². The lowest BCUT2D eigenvalue weighted by molar-refractivity contribution is -0.174. The maximum atomic E-state index is 12.1. The van der Waals surface area contributed by atoms with Crippen LogP contribution in [0.25, 0.3) is 0 Å². The van der Waals surface area contributed by atoms with Crippen molar-refractivity contribution in [2.45, 2.75) is 18.6 Å². The number of carbonyl (C=O) groups excluding carboxylic acids is 1. The Balaban J connectivity index is 2.63. The van der Waals surface area contributed by atoms with Crippen molar-refractivity contribution in [2.24, 2.45) is 0 Å². The zero-order valence-electron chi connectivity index (χ0n) is 9.83. The van der Waals surface area contributed by atoms with Gasteiger partial charge in [-0.3, -0.25) is 4.79 Å². The highest BCUT2D eigenvalue weighted by Crippen LogP contribution is 2.15. The van der Waals surface area contributed by atoms with Crippen LogP contribution < -0.4 is 5.32 Å². The maximum Gasteiger partial charge on any atom is 0.471 e. The topological polar surface area (TPSA) is 38.3 Å². The van der Waals surface area contributed by atoms with Crippen molar-refractivity contribution in [2.75, 3.05) is 13.7 Å². The van der Waals surface area contributed by atoms with E-state index in [9.17, 15) is 18.0 Å². The van der Waals surface area contributed by atoms with E-state index in [2.05, 4.69) is 0 Å². The van der Waals surface area contributed by atoms with Gasteiger partial charge in [-0.15, -0.1) is 0 Å². The molecule has 6 heteroatoms. The van der Waals surface area contributed by atoms with Crippen molar-refractivity contribution in [3.63, 3.8) is 0 Å². The van der Waals surface area contributed by atoms with Gasteiger partial charge >= 0.3 is 12.1 Å². The van der Waals surface area contributed by atoms with Crippen LogP contribution in [0.1, 0.15) is 5.56 Å². The van der Waals surface area contributed by atoms with Crippen LogP contribution in [0, 0.1) is 0 Å².